The normalized spacial score (nSPS) is 10.9. The molecule has 0 atom stereocenters. The minimum atomic E-state index is -0.386. The van der Waals surface area contributed by atoms with Crippen molar-refractivity contribution in [3.8, 4) is 11.3 Å². The van der Waals surface area contributed by atoms with Crippen LogP contribution in [-0.4, -0.2) is 14.3 Å². The second kappa shape index (κ2) is 6.41. The van der Waals surface area contributed by atoms with E-state index in [2.05, 4.69) is 0 Å². The van der Waals surface area contributed by atoms with Crippen molar-refractivity contribution < 1.29 is 4.92 Å². The summed E-state index contributed by atoms with van der Waals surface area (Å²) in [5.41, 5.74) is 2.34. The fourth-order valence-electron chi connectivity index (χ4n) is 2.63. The van der Waals surface area contributed by atoms with Crippen molar-refractivity contribution >= 4 is 23.1 Å². The van der Waals surface area contributed by atoms with Crippen LogP contribution >= 0.6 is 11.8 Å². The summed E-state index contributed by atoms with van der Waals surface area (Å²) in [6.07, 6.45) is 1.95. The summed E-state index contributed by atoms with van der Waals surface area (Å²) >= 11 is 1.59. The van der Waals surface area contributed by atoms with Gasteiger partial charge in [0.05, 0.1) is 4.92 Å². The fraction of sp³-hybridized carbons (Fsp3) is 0. The molecule has 0 saturated heterocycles. The van der Waals surface area contributed by atoms with Gasteiger partial charge >= 0.3 is 0 Å². The van der Waals surface area contributed by atoms with E-state index in [0.717, 1.165) is 26.8 Å². The van der Waals surface area contributed by atoms with Crippen LogP contribution in [0.25, 0.3) is 16.9 Å². The Morgan fingerprint density at radius 1 is 0.960 bits per heavy atom. The van der Waals surface area contributed by atoms with Crippen molar-refractivity contribution in [3.63, 3.8) is 0 Å². The molecule has 0 fully saturated rings. The Kier molecular flexibility index (Phi) is 3.95. The largest absolute Gasteiger partial charge is 0.294 e. The molecule has 6 heteroatoms. The maximum Gasteiger partial charge on any atom is 0.270 e. The van der Waals surface area contributed by atoms with E-state index in [0.29, 0.717) is 0 Å². The summed E-state index contributed by atoms with van der Waals surface area (Å²) in [6.45, 7) is 0. The monoisotopic (exact) mass is 347 g/mol. The zero-order valence-electron chi connectivity index (χ0n) is 13.1. The highest BCUT2D eigenvalue weighted by atomic mass is 32.2. The summed E-state index contributed by atoms with van der Waals surface area (Å²) in [4.78, 5) is 16.5. The Bertz CT molecular complexity index is 1060. The predicted molar refractivity (Wildman–Crippen MR) is 97.8 cm³/mol. The van der Waals surface area contributed by atoms with Crippen molar-refractivity contribution in [1.82, 2.24) is 9.38 Å². The Morgan fingerprint density at radius 2 is 1.76 bits per heavy atom. The average Bonchev–Trinajstić information content (AvgIpc) is 3.01. The van der Waals surface area contributed by atoms with Crippen LogP contribution in [0.5, 0.6) is 0 Å². The van der Waals surface area contributed by atoms with E-state index in [4.69, 9.17) is 4.98 Å². The van der Waals surface area contributed by atoms with Gasteiger partial charge in [0.2, 0.25) is 0 Å². The van der Waals surface area contributed by atoms with Gasteiger partial charge in [0.15, 0.2) is 0 Å². The van der Waals surface area contributed by atoms with Gasteiger partial charge in [0.1, 0.15) is 16.4 Å². The molecule has 4 rings (SSSR count). The molecular weight excluding hydrogens is 334 g/mol. The lowest BCUT2D eigenvalue weighted by Crippen LogP contribution is -1.90. The number of fused-ring (bicyclic) bond motifs is 1. The SMILES string of the molecule is O=[N+]([O-])c1cccc(-c2nc3ccccn3c2Sc2ccccc2)c1. The van der Waals surface area contributed by atoms with Crippen LogP contribution in [0.2, 0.25) is 0 Å². The molecule has 2 aromatic heterocycles. The van der Waals surface area contributed by atoms with Gasteiger partial charge in [-0.15, -0.1) is 0 Å². The summed E-state index contributed by atoms with van der Waals surface area (Å²) in [7, 11) is 0. The molecule has 4 aromatic rings. The summed E-state index contributed by atoms with van der Waals surface area (Å²) < 4.78 is 2.01. The van der Waals surface area contributed by atoms with E-state index in [9.17, 15) is 10.1 Å². The molecule has 25 heavy (non-hydrogen) atoms. The zero-order valence-corrected chi connectivity index (χ0v) is 13.9. The lowest BCUT2D eigenvalue weighted by molar-refractivity contribution is -0.384. The molecule has 0 bridgehead atoms. The first-order chi connectivity index (χ1) is 12.2. The van der Waals surface area contributed by atoms with Crippen LogP contribution < -0.4 is 0 Å². The molecule has 122 valence electrons. The lowest BCUT2D eigenvalue weighted by Gasteiger charge is -2.05. The third kappa shape index (κ3) is 2.99. The van der Waals surface area contributed by atoms with Crippen molar-refractivity contribution in [2.24, 2.45) is 0 Å². The van der Waals surface area contributed by atoms with Gasteiger partial charge in [-0.3, -0.25) is 14.5 Å². The first-order valence-electron chi connectivity index (χ1n) is 7.67. The summed E-state index contributed by atoms with van der Waals surface area (Å²) in [5.74, 6) is 0. The average molecular weight is 347 g/mol. The van der Waals surface area contributed by atoms with E-state index >= 15 is 0 Å². The molecule has 5 nitrogen and oxygen atoms in total. The van der Waals surface area contributed by atoms with Gasteiger partial charge in [-0.05, 0) is 24.3 Å². The van der Waals surface area contributed by atoms with E-state index in [1.807, 2.05) is 65.2 Å². The maximum atomic E-state index is 11.1. The van der Waals surface area contributed by atoms with Crippen LogP contribution in [0, 0.1) is 10.1 Å². The van der Waals surface area contributed by atoms with Crippen molar-refractivity contribution in [2.75, 3.05) is 0 Å². The molecule has 0 radical (unpaired) electrons. The third-order valence-electron chi connectivity index (χ3n) is 3.77. The molecule has 2 aromatic carbocycles. The number of rotatable bonds is 4. The number of hydrogen-bond donors (Lipinski definition) is 0. The summed E-state index contributed by atoms with van der Waals surface area (Å²) in [5, 5.41) is 12.0. The number of nitro groups is 1. The van der Waals surface area contributed by atoms with Crippen LogP contribution in [-0.2, 0) is 0 Å². The molecule has 0 saturated carbocycles. The van der Waals surface area contributed by atoms with E-state index in [1.54, 1.807) is 23.9 Å². The number of imidazole rings is 1. The smallest absolute Gasteiger partial charge is 0.270 e. The molecule has 0 spiro atoms. The van der Waals surface area contributed by atoms with Gasteiger partial charge in [0, 0.05) is 28.8 Å². The van der Waals surface area contributed by atoms with Gasteiger partial charge in [-0.2, -0.15) is 0 Å². The Balaban J connectivity index is 1.90. The first-order valence-corrected chi connectivity index (χ1v) is 8.49. The third-order valence-corrected chi connectivity index (χ3v) is 4.87. The van der Waals surface area contributed by atoms with Crippen LogP contribution in [0.15, 0.2) is 88.9 Å². The lowest BCUT2D eigenvalue weighted by atomic mass is 10.1. The van der Waals surface area contributed by atoms with E-state index in [-0.39, 0.29) is 10.6 Å². The first kappa shape index (κ1) is 15.4. The van der Waals surface area contributed by atoms with Gasteiger partial charge in [0.25, 0.3) is 5.69 Å². The number of nitro benzene ring substituents is 1. The second-order valence-electron chi connectivity index (χ2n) is 5.42. The number of hydrogen-bond acceptors (Lipinski definition) is 4. The standard InChI is InChI=1S/C19H13N3O2S/c23-22(24)15-8-6-7-14(13-15)18-19(25-16-9-2-1-3-10-16)21-12-5-4-11-17(21)20-18/h1-13H. The Morgan fingerprint density at radius 3 is 2.56 bits per heavy atom. The predicted octanol–water partition coefficient (Wildman–Crippen LogP) is 5.06. The van der Waals surface area contributed by atoms with E-state index < -0.39 is 0 Å². The van der Waals surface area contributed by atoms with Crippen molar-refractivity contribution in [2.45, 2.75) is 9.92 Å². The molecule has 0 aliphatic heterocycles. The molecule has 0 unspecified atom stereocenters. The second-order valence-corrected chi connectivity index (χ2v) is 6.48. The molecule has 0 N–H and O–H groups in total. The van der Waals surface area contributed by atoms with Crippen molar-refractivity contribution in [3.05, 3.63) is 89.1 Å². The zero-order chi connectivity index (χ0) is 17.2. The Labute approximate surface area is 148 Å². The number of non-ortho nitro benzene ring substituents is 1. The van der Waals surface area contributed by atoms with Gasteiger partial charge in [-0.1, -0.05) is 48.2 Å². The van der Waals surface area contributed by atoms with Crippen LogP contribution in [0.4, 0.5) is 5.69 Å². The highest BCUT2D eigenvalue weighted by molar-refractivity contribution is 7.99. The molecule has 0 amide bonds. The van der Waals surface area contributed by atoms with E-state index in [1.165, 1.54) is 6.07 Å². The van der Waals surface area contributed by atoms with Gasteiger partial charge in [-0.25, -0.2) is 4.98 Å². The highest BCUT2D eigenvalue weighted by Crippen LogP contribution is 2.37. The molecule has 0 aliphatic rings. The summed E-state index contributed by atoms with van der Waals surface area (Å²) in [6, 6.07) is 22.4. The quantitative estimate of drug-likeness (QED) is 0.382. The topological polar surface area (TPSA) is 60.4 Å². The maximum absolute atomic E-state index is 11.1. The molecular formula is C19H13N3O2S. The minimum absolute atomic E-state index is 0.0604. The van der Waals surface area contributed by atoms with Crippen molar-refractivity contribution in [1.29, 1.82) is 0 Å². The Hall–Kier alpha value is -3.12. The number of aromatic nitrogens is 2. The van der Waals surface area contributed by atoms with Crippen LogP contribution in [0.3, 0.4) is 0 Å². The minimum Gasteiger partial charge on any atom is -0.294 e. The number of nitrogens with zero attached hydrogens (tertiary/aromatic N) is 3. The molecule has 2 heterocycles. The number of pyridine rings is 1. The highest BCUT2D eigenvalue weighted by Gasteiger charge is 2.17. The van der Waals surface area contributed by atoms with Crippen LogP contribution in [0.1, 0.15) is 0 Å². The molecule has 0 aliphatic carbocycles. The number of benzene rings is 2. The van der Waals surface area contributed by atoms with Gasteiger partial charge < -0.3 is 0 Å². The fourth-order valence-corrected chi connectivity index (χ4v) is 3.66.